The van der Waals surface area contributed by atoms with Gasteiger partial charge in [-0.2, -0.15) is 0 Å². The van der Waals surface area contributed by atoms with Crippen LogP contribution >= 0.6 is 15.9 Å². The highest BCUT2D eigenvalue weighted by Crippen LogP contribution is 2.16. The summed E-state index contributed by atoms with van der Waals surface area (Å²) < 4.78 is 0.963. The van der Waals surface area contributed by atoms with Gasteiger partial charge in [0, 0.05) is 48.2 Å². The Morgan fingerprint density at radius 3 is 2.55 bits per heavy atom. The molecule has 2 atom stereocenters. The molecule has 0 N–H and O–H groups in total. The number of carbonyl (C=O) groups is 1. The van der Waals surface area contributed by atoms with E-state index in [2.05, 4.69) is 46.6 Å². The fourth-order valence-electron chi connectivity index (χ4n) is 2.76. The number of likely N-dealkylation sites (N-methyl/N-ethyl adjacent to an activating group) is 1. The molecule has 2 rings (SSSR count). The van der Waals surface area contributed by atoms with E-state index >= 15 is 0 Å². The summed E-state index contributed by atoms with van der Waals surface area (Å²) in [5.74, 6) is 0.227. The zero-order chi connectivity index (χ0) is 14.7. The molecule has 2 unspecified atom stereocenters. The lowest BCUT2D eigenvalue weighted by atomic mass is 10.1. The largest absolute Gasteiger partial charge is 0.300 e. The Kier molecular flexibility index (Phi) is 5.35. The summed E-state index contributed by atoms with van der Waals surface area (Å²) >= 11 is 3.41. The number of ketones is 1. The van der Waals surface area contributed by atoms with Crippen molar-refractivity contribution in [1.82, 2.24) is 9.80 Å². The van der Waals surface area contributed by atoms with Crippen molar-refractivity contribution in [2.24, 2.45) is 0 Å². The van der Waals surface area contributed by atoms with Crippen molar-refractivity contribution >= 4 is 21.7 Å². The lowest BCUT2D eigenvalue weighted by Gasteiger charge is -2.42. The zero-order valence-electron chi connectivity index (χ0n) is 12.5. The molecule has 1 aromatic carbocycles. The van der Waals surface area contributed by atoms with Crippen molar-refractivity contribution in [3.05, 3.63) is 34.3 Å². The van der Waals surface area contributed by atoms with Gasteiger partial charge in [0.1, 0.15) is 0 Å². The molecular weight excluding hydrogens is 316 g/mol. The highest BCUT2D eigenvalue weighted by atomic mass is 79.9. The summed E-state index contributed by atoms with van der Waals surface area (Å²) in [4.78, 5) is 17.0. The van der Waals surface area contributed by atoms with Gasteiger partial charge in [-0.15, -0.1) is 0 Å². The topological polar surface area (TPSA) is 23.6 Å². The first kappa shape index (κ1) is 15.7. The third kappa shape index (κ3) is 3.90. The van der Waals surface area contributed by atoms with Crippen LogP contribution in [0, 0.1) is 0 Å². The maximum absolute atomic E-state index is 12.2. The van der Waals surface area contributed by atoms with Crippen LogP contribution in [0.3, 0.4) is 0 Å². The van der Waals surface area contributed by atoms with Crippen LogP contribution in [0.4, 0.5) is 0 Å². The minimum absolute atomic E-state index is 0.227. The number of piperazine rings is 1. The lowest BCUT2D eigenvalue weighted by molar-refractivity contribution is 0.0575. The fourth-order valence-corrected chi connectivity index (χ4v) is 3.16. The van der Waals surface area contributed by atoms with Crippen LogP contribution in [0.25, 0.3) is 0 Å². The number of hydrogen-bond acceptors (Lipinski definition) is 3. The van der Waals surface area contributed by atoms with Crippen LogP contribution in [0.1, 0.15) is 30.6 Å². The molecule has 1 heterocycles. The lowest BCUT2D eigenvalue weighted by Crippen LogP contribution is -2.55. The van der Waals surface area contributed by atoms with Crippen LogP contribution in [0.2, 0.25) is 0 Å². The zero-order valence-corrected chi connectivity index (χ0v) is 14.1. The highest BCUT2D eigenvalue weighted by molar-refractivity contribution is 9.10. The van der Waals surface area contributed by atoms with Crippen molar-refractivity contribution in [3.63, 3.8) is 0 Å². The molecule has 0 aromatic heterocycles. The third-order valence-corrected chi connectivity index (χ3v) is 4.73. The average molecular weight is 339 g/mol. The van der Waals surface area contributed by atoms with Gasteiger partial charge in [0.15, 0.2) is 5.78 Å². The predicted octanol–water partition coefficient (Wildman–Crippen LogP) is 3.05. The Balaban J connectivity index is 1.88. The molecular formula is C16H23BrN2O. The first-order valence-electron chi connectivity index (χ1n) is 7.20. The normalized spacial score (nSPS) is 24.8. The van der Waals surface area contributed by atoms with Crippen molar-refractivity contribution in [2.75, 3.05) is 26.7 Å². The number of benzene rings is 1. The minimum atomic E-state index is 0.227. The number of carbonyl (C=O) groups excluding carboxylic acids is 1. The fraction of sp³-hybridized carbons (Fsp3) is 0.562. The number of Topliss-reactive ketones (excluding diaryl/α,β-unsaturated/α-hetero) is 1. The van der Waals surface area contributed by atoms with E-state index in [9.17, 15) is 4.79 Å². The second-order valence-electron chi connectivity index (χ2n) is 5.81. The van der Waals surface area contributed by atoms with Crippen LogP contribution in [-0.2, 0) is 0 Å². The van der Waals surface area contributed by atoms with Crippen molar-refractivity contribution in [3.8, 4) is 0 Å². The average Bonchev–Trinajstić information content (AvgIpc) is 2.42. The second-order valence-corrected chi connectivity index (χ2v) is 6.72. The molecule has 0 radical (unpaired) electrons. The van der Waals surface area contributed by atoms with Gasteiger partial charge in [0.05, 0.1) is 0 Å². The number of rotatable bonds is 4. The Morgan fingerprint density at radius 2 is 1.95 bits per heavy atom. The van der Waals surface area contributed by atoms with E-state index in [4.69, 9.17) is 0 Å². The molecule has 1 aromatic rings. The van der Waals surface area contributed by atoms with E-state index < -0.39 is 0 Å². The molecule has 1 saturated heterocycles. The van der Waals surface area contributed by atoms with E-state index in [1.165, 1.54) is 0 Å². The van der Waals surface area contributed by atoms with E-state index in [1.54, 1.807) is 0 Å². The molecule has 110 valence electrons. The summed E-state index contributed by atoms with van der Waals surface area (Å²) in [6, 6.07) is 8.76. The Morgan fingerprint density at radius 1 is 1.30 bits per heavy atom. The summed E-state index contributed by atoms with van der Waals surface area (Å²) in [6.07, 6.45) is 0.597. The SMILES string of the molecule is CC1CN(CCC(=O)c2cccc(Br)c2)CC(C)N1C. The second kappa shape index (κ2) is 6.83. The maximum Gasteiger partial charge on any atom is 0.164 e. The minimum Gasteiger partial charge on any atom is -0.300 e. The first-order chi connectivity index (χ1) is 9.47. The molecule has 3 nitrogen and oxygen atoms in total. The standard InChI is InChI=1S/C16H23BrN2O/c1-12-10-19(11-13(2)18(12)3)8-7-16(20)14-5-4-6-15(17)9-14/h4-6,9,12-13H,7-8,10-11H2,1-3H3. The van der Waals surface area contributed by atoms with Gasteiger partial charge in [-0.3, -0.25) is 14.6 Å². The van der Waals surface area contributed by atoms with Gasteiger partial charge in [-0.1, -0.05) is 28.1 Å². The summed E-state index contributed by atoms with van der Waals surface area (Å²) in [5.41, 5.74) is 0.801. The Hall–Kier alpha value is -0.710. The van der Waals surface area contributed by atoms with E-state index in [0.717, 1.165) is 29.7 Å². The van der Waals surface area contributed by atoms with Gasteiger partial charge in [-0.25, -0.2) is 0 Å². The molecule has 1 fully saturated rings. The smallest absolute Gasteiger partial charge is 0.164 e. The van der Waals surface area contributed by atoms with Gasteiger partial charge >= 0.3 is 0 Å². The van der Waals surface area contributed by atoms with Crippen molar-refractivity contribution < 1.29 is 4.79 Å². The van der Waals surface area contributed by atoms with Gasteiger partial charge in [-0.05, 0) is 33.0 Å². The van der Waals surface area contributed by atoms with Crippen LogP contribution < -0.4 is 0 Å². The molecule has 0 aliphatic carbocycles. The van der Waals surface area contributed by atoms with Gasteiger partial charge < -0.3 is 0 Å². The molecule has 0 saturated carbocycles. The van der Waals surface area contributed by atoms with Crippen LogP contribution in [-0.4, -0.2) is 54.3 Å². The molecule has 20 heavy (non-hydrogen) atoms. The van der Waals surface area contributed by atoms with Crippen molar-refractivity contribution in [2.45, 2.75) is 32.4 Å². The van der Waals surface area contributed by atoms with E-state index in [1.807, 2.05) is 24.3 Å². The summed E-state index contributed by atoms with van der Waals surface area (Å²) in [7, 11) is 2.18. The van der Waals surface area contributed by atoms with Crippen LogP contribution in [0.15, 0.2) is 28.7 Å². The van der Waals surface area contributed by atoms with Gasteiger partial charge in [0.2, 0.25) is 0 Å². The monoisotopic (exact) mass is 338 g/mol. The molecule has 1 aliphatic heterocycles. The van der Waals surface area contributed by atoms with Crippen molar-refractivity contribution in [1.29, 1.82) is 0 Å². The van der Waals surface area contributed by atoms with E-state index in [-0.39, 0.29) is 5.78 Å². The molecule has 0 bridgehead atoms. The molecule has 0 spiro atoms. The number of halogens is 1. The summed E-state index contributed by atoms with van der Waals surface area (Å²) in [5, 5.41) is 0. The maximum atomic E-state index is 12.2. The predicted molar refractivity (Wildman–Crippen MR) is 86.2 cm³/mol. The molecule has 1 aliphatic rings. The van der Waals surface area contributed by atoms with E-state index in [0.29, 0.717) is 18.5 Å². The molecule has 4 heteroatoms. The number of nitrogens with zero attached hydrogens (tertiary/aromatic N) is 2. The third-order valence-electron chi connectivity index (χ3n) is 4.24. The number of hydrogen-bond donors (Lipinski definition) is 0. The Labute approximate surface area is 130 Å². The summed E-state index contributed by atoms with van der Waals surface area (Å²) in [6.45, 7) is 7.45. The van der Waals surface area contributed by atoms with Crippen LogP contribution in [0.5, 0.6) is 0 Å². The first-order valence-corrected chi connectivity index (χ1v) is 7.99. The van der Waals surface area contributed by atoms with Gasteiger partial charge in [0.25, 0.3) is 0 Å². The Bertz CT molecular complexity index is 465. The molecule has 0 amide bonds. The quantitative estimate of drug-likeness (QED) is 0.788. The highest BCUT2D eigenvalue weighted by Gasteiger charge is 2.26.